The lowest BCUT2D eigenvalue weighted by molar-refractivity contribution is 0.101. The molecule has 3 unspecified atom stereocenters. The molecule has 138 valence electrons. The molecule has 2 aliphatic carbocycles. The van der Waals surface area contributed by atoms with Crippen molar-refractivity contribution < 1.29 is 13.6 Å². The van der Waals surface area contributed by atoms with Gasteiger partial charge in [0.25, 0.3) is 12.3 Å². The van der Waals surface area contributed by atoms with Crippen LogP contribution in [0.25, 0.3) is 0 Å². The highest BCUT2D eigenvalue weighted by Crippen LogP contribution is 2.59. The van der Waals surface area contributed by atoms with Crippen LogP contribution in [0.15, 0.2) is 24.4 Å². The number of fused-ring (bicyclic) bond motifs is 5. The number of aromatic nitrogens is 2. The molecule has 0 spiro atoms. The lowest BCUT2D eigenvalue weighted by Crippen LogP contribution is -2.14. The molecule has 1 aromatic heterocycles. The van der Waals surface area contributed by atoms with Crippen LogP contribution >= 0.6 is 0 Å². The van der Waals surface area contributed by atoms with Gasteiger partial charge >= 0.3 is 0 Å². The number of nitrogens with zero attached hydrogens (tertiary/aromatic N) is 2. The molecule has 1 N–H and O–H groups in total. The zero-order chi connectivity index (χ0) is 18.6. The van der Waals surface area contributed by atoms with Gasteiger partial charge in [-0.15, -0.1) is 0 Å². The highest BCUT2D eigenvalue weighted by molar-refractivity contribution is 6.05. The fourth-order valence-corrected chi connectivity index (χ4v) is 5.03. The Bertz CT molecular complexity index is 859. The Kier molecular flexibility index (Phi) is 4.09. The molecule has 1 amide bonds. The van der Waals surface area contributed by atoms with Gasteiger partial charge < -0.3 is 5.32 Å². The van der Waals surface area contributed by atoms with E-state index in [9.17, 15) is 13.6 Å². The molecule has 0 radical (unpaired) electrons. The van der Waals surface area contributed by atoms with Gasteiger partial charge in [0.1, 0.15) is 5.69 Å². The molecule has 3 atom stereocenters. The second-order valence-electron chi connectivity index (χ2n) is 7.81. The Labute approximate surface area is 151 Å². The van der Waals surface area contributed by atoms with Gasteiger partial charge in [-0.1, -0.05) is 19.9 Å². The second kappa shape index (κ2) is 6.18. The number of halogens is 2. The molecule has 2 aromatic rings. The highest BCUT2D eigenvalue weighted by atomic mass is 19.3. The average molecular weight is 359 g/mol. The summed E-state index contributed by atoms with van der Waals surface area (Å²) >= 11 is 0. The van der Waals surface area contributed by atoms with Gasteiger partial charge in [0.15, 0.2) is 0 Å². The van der Waals surface area contributed by atoms with Gasteiger partial charge in [-0.05, 0) is 59.8 Å². The smallest absolute Gasteiger partial charge is 0.282 e. The number of rotatable bonds is 4. The third kappa shape index (κ3) is 2.63. The molecule has 1 heterocycles. The Hall–Kier alpha value is -2.24. The zero-order valence-electron chi connectivity index (χ0n) is 15.2. The quantitative estimate of drug-likeness (QED) is 0.848. The Balaban J connectivity index is 1.59. The maximum Gasteiger partial charge on any atom is 0.282 e. The van der Waals surface area contributed by atoms with Crippen molar-refractivity contribution in [2.45, 2.75) is 45.0 Å². The van der Waals surface area contributed by atoms with Crippen LogP contribution in [0.4, 0.5) is 14.5 Å². The number of alkyl halides is 2. The van der Waals surface area contributed by atoms with Gasteiger partial charge in [-0.25, -0.2) is 8.78 Å². The minimum absolute atomic E-state index is 0.0791. The van der Waals surface area contributed by atoms with Gasteiger partial charge in [0.2, 0.25) is 0 Å². The Morgan fingerprint density at radius 3 is 2.58 bits per heavy atom. The van der Waals surface area contributed by atoms with E-state index >= 15 is 0 Å². The summed E-state index contributed by atoms with van der Waals surface area (Å²) < 4.78 is 27.4. The lowest BCUT2D eigenvalue weighted by atomic mass is 9.85. The van der Waals surface area contributed by atoms with E-state index in [2.05, 4.69) is 30.3 Å². The molecule has 1 saturated carbocycles. The van der Waals surface area contributed by atoms with Crippen molar-refractivity contribution in [3.63, 3.8) is 0 Å². The van der Waals surface area contributed by atoms with Crippen LogP contribution in [0.3, 0.4) is 0 Å². The van der Waals surface area contributed by atoms with Crippen molar-refractivity contribution in [3.8, 4) is 0 Å². The molecule has 1 fully saturated rings. The first-order valence-corrected chi connectivity index (χ1v) is 9.13. The van der Waals surface area contributed by atoms with Crippen molar-refractivity contribution in [2.24, 2.45) is 18.9 Å². The zero-order valence-corrected chi connectivity index (χ0v) is 15.2. The third-order valence-electron chi connectivity index (χ3n) is 5.94. The molecule has 0 aliphatic heterocycles. The van der Waals surface area contributed by atoms with Crippen molar-refractivity contribution in [3.05, 3.63) is 46.8 Å². The Morgan fingerprint density at radius 1 is 1.23 bits per heavy atom. The Morgan fingerprint density at radius 2 is 1.92 bits per heavy atom. The van der Waals surface area contributed by atoms with Crippen LogP contribution in [0, 0.1) is 11.8 Å². The molecular formula is C20H23F2N3O. The van der Waals surface area contributed by atoms with Gasteiger partial charge in [-0.2, -0.15) is 5.10 Å². The topological polar surface area (TPSA) is 46.9 Å². The number of hydrogen-bond donors (Lipinski definition) is 1. The summed E-state index contributed by atoms with van der Waals surface area (Å²) in [4.78, 5) is 12.5. The molecule has 4 rings (SSSR count). The molecule has 2 aliphatic rings. The number of nitrogens with one attached hydrogen (secondary N) is 1. The van der Waals surface area contributed by atoms with Crippen molar-refractivity contribution in [2.75, 3.05) is 5.32 Å². The van der Waals surface area contributed by atoms with E-state index < -0.39 is 18.0 Å². The van der Waals surface area contributed by atoms with E-state index in [1.165, 1.54) is 41.9 Å². The summed E-state index contributed by atoms with van der Waals surface area (Å²) in [5.74, 6) is 1.91. The first kappa shape index (κ1) is 17.2. The average Bonchev–Trinajstić information content (AvgIpc) is 3.25. The van der Waals surface area contributed by atoms with Crippen LogP contribution in [0.1, 0.15) is 72.1 Å². The number of hydrogen-bond acceptors (Lipinski definition) is 2. The molecule has 1 aromatic carbocycles. The van der Waals surface area contributed by atoms with Crippen LogP contribution in [-0.4, -0.2) is 15.7 Å². The van der Waals surface area contributed by atoms with Crippen molar-refractivity contribution in [1.29, 1.82) is 0 Å². The monoisotopic (exact) mass is 359 g/mol. The fourth-order valence-electron chi connectivity index (χ4n) is 5.03. The van der Waals surface area contributed by atoms with Crippen LogP contribution in [-0.2, 0) is 7.05 Å². The van der Waals surface area contributed by atoms with E-state index in [0.717, 1.165) is 0 Å². The molecule has 26 heavy (non-hydrogen) atoms. The van der Waals surface area contributed by atoms with Crippen molar-refractivity contribution >= 4 is 11.6 Å². The maximum absolute atomic E-state index is 13.1. The van der Waals surface area contributed by atoms with Crippen molar-refractivity contribution in [1.82, 2.24) is 9.78 Å². The minimum Gasteiger partial charge on any atom is -0.322 e. The SMILES string of the molecule is CC(C)C1C2CCC1c1cc(NC(=O)c3cn(C)nc3C(F)F)ccc12. The lowest BCUT2D eigenvalue weighted by Gasteiger charge is -2.19. The fraction of sp³-hybridized carbons (Fsp3) is 0.500. The van der Waals surface area contributed by atoms with Gasteiger partial charge in [-0.3, -0.25) is 9.48 Å². The summed E-state index contributed by atoms with van der Waals surface area (Å²) in [5, 5.41) is 6.47. The first-order valence-electron chi connectivity index (χ1n) is 9.13. The predicted molar refractivity (Wildman–Crippen MR) is 95.6 cm³/mol. The molecule has 6 heteroatoms. The van der Waals surface area contributed by atoms with E-state index in [1.807, 2.05) is 12.1 Å². The van der Waals surface area contributed by atoms with Gasteiger partial charge in [0, 0.05) is 18.9 Å². The van der Waals surface area contributed by atoms with E-state index in [4.69, 9.17) is 0 Å². The highest BCUT2D eigenvalue weighted by Gasteiger charge is 2.46. The van der Waals surface area contributed by atoms with E-state index in [1.54, 1.807) is 0 Å². The third-order valence-corrected chi connectivity index (χ3v) is 5.94. The number of carbonyl (C=O) groups excluding carboxylic acids is 1. The number of anilines is 1. The van der Waals surface area contributed by atoms with Crippen LogP contribution in [0.5, 0.6) is 0 Å². The number of aryl methyl sites for hydroxylation is 1. The molecular weight excluding hydrogens is 336 g/mol. The van der Waals surface area contributed by atoms with E-state index in [-0.39, 0.29) is 5.56 Å². The second-order valence-corrected chi connectivity index (χ2v) is 7.81. The van der Waals surface area contributed by atoms with Crippen LogP contribution < -0.4 is 5.32 Å². The number of carbonyl (C=O) groups is 1. The standard InChI is InChI=1S/C20H23F2N3O/c1-10(2)17-13-6-7-14(17)15-8-11(4-5-12(13)15)23-20(26)16-9-25(3)24-18(16)19(21)22/h4-5,8-10,13-14,17,19H,6-7H2,1-3H3,(H,23,26). The normalized spacial score (nSPS) is 23.7. The largest absolute Gasteiger partial charge is 0.322 e. The minimum atomic E-state index is -2.78. The molecule has 2 bridgehead atoms. The van der Waals surface area contributed by atoms with Crippen LogP contribution in [0.2, 0.25) is 0 Å². The predicted octanol–water partition coefficient (Wildman–Crippen LogP) is 4.86. The summed E-state index contributed by atoms with van der Waals surface area (Å²) in [7, 11) is 1.53. The number of amides is 1. The first-order chi connectivity index (χ1) is 12.4. The van der Waals surface area contributed by atoms with E-state index in [0.29, 0.717) is 29.4 Å². The van der Waals surface area contributed by atoms with Gasteiger partial charge in [0.05, 0.1) is 5.56 Å². The summed E-state index contributed by atoms with van der Waals surface area (Å²) in [6.45, 7) is 4.55. The molecule has 4 nitrogen and oxygen atoms in total. The summed E-state index contributed by atoms with van der Waals surface area (Å²) in [5.41, 5.74) is 2.81. The summed E-state index contributed by atoms with van der Waals surface area (Å²) in [6, 6.07) is 6.01. The maximum atomic E-state index is 13.1. The molecule has 0 saturated heterocycles. The summed E-state index contributed by atoms with van der Waals surface area (Å²) in [6.07, 6.45) is 0.982. The number of benzene rings is 1.